The van der Waals surface area contributed by atoms with Crippen LogP contribution in [0.4, 0.5) is 17.1 Å². The first-order valence-electron chi connectivity index (χ1n) is 6.51. The van der Waals surface area contributed by atoms with E-state index in [0.717, 1.165) is 27.0 Å². The van der Waals surface area contributed by atoms with Crippen LogP contribution in [0.2, 0.25) is 0 Å². The van der Waals surface area contributed by atoms with Crippen molar-refractivity contribution < 1.29 is 9.47 Å². The molecule has 0 aliphatic carbocycles. The van der Waals surface area contributed by atoms with Gasteiger partial charge in [0, 0.05) is 22.3 Å². The average Bonchev–Trinajstić information content (AvgIpc) is 2.46. The fourth-order valence-corrected chi connectivity index (χ4v) is 2.41. The van der Waals surface area contributed by atoms with Crippen LogP contribution in [-0.4, -0.2) is 14.2 Å². The molecule has 0 bridgehead atoms. The highest BCUT2D eigenvalue weighted by atomic mass is 79.9. The van der Waals surface area contributed by atoms with Gasteiger partial charge in [0.2, 0.25) is 0 Å². The summed E-state index contributed by atoms with van der Waals surface area (Å²) in [6, 6.07) is 7.71. The highest BCUT2D eigenvalue weighted by Crippen LogP contribution is 2.37. The van der Waals surface area contributed by atoms with Crippen molar-refractivity contribution in [3.63, 3.8) is 0 Å². The van der Waals surface area contributed by atoms with Crippen molar-refractivity contribution in [2.24, 2.45) is 0 Å². The van der Waals surface area contributed by atoms with Gasteiger partial charge in [-0.25, -0.2) is 0 Å². The molecule has 2 aromatic rings. The van der Waals surface area contributed by atoms with Crippen molar-refractivity contribution in [2.75, 3.05) is 25.3 Å². The van der Waals surface area contributed by atoms with E-state index in [1.807, 2.05) is 6.07 Å². The molecule has 0 saturated carbocycles. The number of rotatable bonds is 4. The first-order valence-corrected chi connectivity index (χ1v) is 7.30. The fourth-order valence-electron chi connectivity index (χ4n) is 2.18. The van der Waals surface area contributed by atoms with Crippen LogP contribution >= 0.6 is 15.9 Å². The standard InChI is InChI=1S/C16H19BrN2O2/c1-9-5-11(6-10(2)16(9)17)19-13-8-15(21-4)14(20-3)7-12(13)18/h5-8,19H,18H2,1-4H3. The number of nitrogens with two attached hydrogens (primary N) is 1. The van der Waals surface area contributed by atoms with Crippen molar-refractivity contribution in [1.82, 2.24) is 0 Å². The number of benzene rings is 2. The Morgan fingerprint density at radius 1 is 0.952 bits per heavy atom. The molecule has 0 aliphatic heterocycles. The van der Waals surface area contributed by atoms with E-state index in [1.54, 1.807) is 20.3 Å². The van der Waals surface area contributed by atoms with Crippen LogP contribution in [0, 0.1) is 13.8 Å². The summed E-state index contributed by atoms with van der Waals surface area (Å²) in [5.41, 5.74) is 10.8. The lowest BCUT2D eigenvalue weighted by atomic mass is 10.1. The zero-order valence-corrected chi connectivity index (χ0v) is 14.2. The van der Waals surface area contributed by atoms with Gasteiger partial charge in [-0.3, -0.25) is 0 Å². The average molecular weight is 351 g/mol. The number of anilines is 3. The van der Waals surface area contributed by atoms with Crippen LogP contribution < -0.4 is 20.5 Å². The minimum atomic E-state index is 0.603. The second-order valence-corrected chi connectivity index (χ2v) is 5.64. The van der Waals surface area contributed by atoms with Crippen molar-refractivity contribution in [2.45, 2.75) is 13.8 Å². The summed E-state index contributed by atoms with van der Waals surface area (Å²) in [5.74, 6) is 1.25. The van der Waals surface area contributed by atoms with Gasteiger partial charge >= 0.3 is 0 Å². The lowest BCUT2D eigenvalue weighted by molar-refractivity contribution is 0.355. The first kappa shape index (κ1) is 15.5. The largest absolute Gasteiger partial charge is 0.493 e. The van der Waals surface area contributed by atoms with Crippen LogP contribution in [0.3, 0.4) is 0 Å². The van der Waals surface area contributed by atoms with E-state index in [-0.39, 0.29) is 0 Å². The molecule has 0 amide bonds. The molecule has 4 nitrogen and oxygen atoms in total. The highest BCUT2D eigenvalue weighted by molar-refractivity contribution is 9.10. The van der Waals surface area contributed by atoms with Crippen LogP contribution in [-0.2, 0) is 0 Å². The number of hydrogen-bond acceptors (Lipinski definition) is 4. The van der Waals surface area contributed by atoms with Gasteiger partial charge in [0.15, 0.2) is 11.5 Å². The van der Waals surface area contributed by atoms with Gasteiger partial charge in [-0.05, 0) is 37.1 Å². The normalized spacial score (nSPS) is 10.3. The number of halogens is 1. The molecular formula is C16H19BrN2O2. The molecule has 0 atom stereocenters. The number of nitrogens with one attached hydrogen (secondary N) is 1. The molecule has 0 spiro atoms. The lowest BCUT2D eigenvalue weighted by Gasteiger charge is -2.15. The number of nitrogen functional groups attached to an aromatic ring is 1. The number of methoxy groups -OCH3 is 2. The van der Waals surface area contributed by atoms with E-state index in [4.69, 9.17) is 15.2 Å². The molecular weight excluding hydrogens is 332 g/mol. The van der Waals surface area contributed by atoms with Gasteiger partial charge in [-0.1, -0.05) is 15.9 Å². The molecule has 2 aromatic carbocycles. The Balaban J connectivity index is 2.40. The smallest absolute Gasteiger partial charge is 0.162 e. The Kier molecular flexibility index (Phi) is 4.63. The monoisotopic (exact) mass is 350 g/mol. The fraction of sp³-hybridized carbons (Fsp3) is 0.250. The van der Waals surface area contributed by atoms with E-state index in [0.29, 0.717) is 17.2 Å². The first-order chi connectivity index (χ1) is 9.96. The highest BCUT2D eigenvalue weighted by Gasteiger charge is 2.10. The summed E-state index contributed by atoms with van der Waals surface area (Å²) < 4.78 is 11.7. The maximum atomic E-state index is 6.07. The molecule has 0 saturated heterocycles. The van der Waals surface area contributed by atoms with E-state index in [1.165, 1.54) is 0 Å². The van der Waals surface area contributed by atoms with Gasteiger partial charge in [0.05, 0.1) is 25.6 Å². The quantitative estimate of drug-likeness (QED) is 0.802. The predicted octanol–water partition coefficient (Wildman–Crippen LogP) is 4.41. The van der Waals surface area contributed by atoms with Crippen LogP contribution in [0.25, 0.3) is 0 Å². The number of aryl methyl sites for hydroxylation is 2. The second-order valence-electron chi connectivity index (χ2n) is 4.84. The molecule has 2 rings (SSSR count). The van der Waals surface area contributed by atoms with Gasteiger partial charge in [0.1, 0.15) is 0 Å². The molecule has 0 fully saturated rings. The van der Waals surface area contributed by atoms with Gasteiger partial charge in [0.25, 0.3) is 0 Å². The Hall–Kier alpha value is -1.88. The zero-order chi connectivity index (χ0) is 15.6. The topological polar surface area (TPSA) is 56.5 Å². The Morgan fingerprint density at radius 2 is 1.48 bits per heavy atom. The van der Waals surface area contributed by atoms with Crippen LogP contribution in [0.5, 0.6) is 11.5 Å². The van der Waals surface area contributed by atoms with E-state index >= 15 is 0 Å². The summed E-state index contributed by atoms with van der Waals surface area (Å²) in [5, 5.41) is 3.33. The third-order valence-electron chi connectivity index (χ3n) is 3.27. The lowest BCUT2D eigenvalue weighted by Crippen LogP contribution is -2.00. The summed E-state index contributed by atoms with van der Waals surface area (Å²) >= 11 is 3.57. The third-order valence-corrected chi connectivity index (χ3v) is 4.52. The third kappa shape index (κ3) is 3.24. The Morgan fingerprint density at radius 3 is 2.00 bits per heavy atom. The molecule has 0 aromatic heterocycles. The summed E-state index contributed by atoms with van der Waals surface area (Å²) in [6.45, 7) is 4.11. The molecule has 112 valence electrons. The summed E-state index contributed by atoms with van der Waals surface area (Å²) in [4.78, 5) is 0. The minimum Gasteiger partial charge on any atom is -0.493 e. The Labute approximate surface area is 133 Å². The zero-order valence-electron chi connectivity index (χ0n) is 12.6. The maximum absolute atomic E-state index is 6.07. The molecule has 0 heterocycles. The number of hydrogen-bond donors (Lipinski definition) is 2. The van der Waals surface area contributed by atoms with Gasteiger partial charge < -0.3 is 20.5 Å². The molecule has 21 heavy (non-hydrogen) atoms. The van der Waals surface area contributed by atoms with Crippen molar-refractivity contribution >= 4 is 33.0 Å². The summed E-state index contributed by atoms with van der Waals surface area (Å²) in [7, 11) is 3.19. The van der Waals surface area contributed by atoms with E-state index in [2.05, 4.69) is 47.2 Å². The SMILES string of the molecule is COc1cc(N)c(Nc2cc(C)c(Br)c(C)c2)cc1OC. The van der Waals surface area contributed by atoms with Crippen LogP contribution in [0.15, 0.2) is 28.7 Å². The minimum absolute atomic E-state index is 0.603. The van der Waals surface area contributed by atoms with Gasteiger partial charge in [-0.15, -0.1) is 0 Å². The second kappa shape index (κ2) is 6.26. The predicted molar refractivity (Wildman–Crippen MR) is 90.9 cm³/mol. The molecule has 5 heteroatoms. The van der Waals surface area contributed by atoms with E-state index < -0.39 is 0 Å². The van der Waals surface area contributed by atoms with Crippen molar-refractivity contribution in [3.05, 3.63) is 39.9 Å². The maximum Gasteiger partial charge on any atom is 0.162 e. The van der Waals surface area contributed by atoms with Gasteiger partial charge in [-0.2, -0.15) is 0 Å². The van der Waals surface area contributed by atoms with Crippen LogP contribution in [0.1, 0.15) is 11.1 Å². The summed E-state index contributed by atoms with van der Waals surface area (Å²) in [6.07, 6.45) is 0. The molecule has 0 radical (unpaired) electrons. The Bertz CT molecular complexity index is 649. The van der Waals surface area contributed by atoms with Crippen molar-refractivity contribution in [3.8, 4) is 11.5 Å². The van der Waals surface area contributed by atoms with Crippen molar-refractivity contribution in [1.29, 1.82) is 0 Å². The van der Waals surface area contributed by atoms with E-state index in [9.17, 15) is 0 Å². The molecule has 0 unspecified atom stereocenters. The molecule has 0 aliphatic rings. The molecule has 3 N–H and O–H groups in total. The number of ether oxygens (including phenoxy) is 2.